The van der Waals surface area contributed by atoms with Crippen molar-refractivity contribution in [1.82, 2.24) is 0 Å². The summed E-state index contributed by atoms with van der Waals surface area (Å²) in [5, 5.41) is 52.3. The number of nitrogens with one attached hydrogen (secondary N) is 1. The van der Waals surface area contributed by atoms with Crippen molar-refractivity contribution in [2.45, 2.75) is 74.4 Å². The number of rotatable bonds is 6. The number of nitrogens with zero attached hydrogens (tertiary/aromatic N) is 1. The number of ether oxygens (including phenoxy) is 2. The third-order valence-corrected chi connectivity index (χ3v) is 10.9. The Morgan fingerprint density at radius 2 is 1.73 bits per heavy atom. The van der Waals surface area contributed by atoms with E-state index in [2.05, 4.69) is 5.32 Å². The van der Waals surface area contributed by atoms with E-state index in [1.54, 1.807) is 60.5 Å². The van der Waals surface area contributed by atoms with Gasteiger partial charge in [-0.25, -0.2) is 0 Å². The molecule has 2 amide bonds. The number of para-hydroxylation sites is 1. The van der Waals surface area contributed by atoms with Crippen LogP contribution in [0.4, 0.5) is 17.1 Å². The molecule has 0 saturated carbocycles. The molecule has 41 heavy (non-hydrogen) atoms. The standard InChI is InChI=1S/C28H36N2O10Si/c1-14-24(41(2,3)38)19(11-12-31)40-28(14)17-13-15(29-25(35)23-21(33)20(32)22(34)26(36)39-23)9-10-18(17)30(27(28)37)16-7-5-4-6-8-16/h4-10,13-14,19-24,26,31-34,36,38H,11-12H2,1-3H3,(H,29,35)/t14-,19+,20+,21+,22-,23+,24-,26-,28+/m1/s1. The molecule has 2 fully saturated rings. The number of hydrogen-bond acceptors (Lipinski definition) is 10. The fraction of sp³-hybridized carbons (Fsp3) is 0.500. The van der Waals surface area contributed by atoms with Crippen LogP contribution in [0.2, 0.25) is 18.6 Å². The van der Waals surface area contributed by atoms with Crippen LogP contribution in [-0.2, 0) is 24.7 Å². The zero-order valence-corrected chi connectivity index (χ0v) is 23.9. The highest BCUT2D eigenvalue weighted by molar-refractivity contribution is 6.71. The molecule has 0 aromatic heterocycles. The quantitative estimate of drug-likeness (QED) is 0.231. The number of aliphatic hydroxyl groups excluding tert-OH is 5. The number of amides is 2. The molecule has 0 unspecified atom stereocenters. The lowest BCUT2D eigenvalue weighted by molar-refractivity contribution is -0.274. The molecule has 5 rings (SSSR count). The maximum atomic E-state index is 14.4. The molecule has 9 atom stereocenters. The minimum absolute atomic E-state index is 0.190. The minimum Gasteiger partial charge on any atom is -0.432 e. The summed E-state index contributed by atoms with van der Waals surface area (Å²) in [5.41, 5.74) is -0.108. The third-order valence-electron chi connectivity index (χ3n) is 8.43. The van der Waals surface area contributed by atoms with Crippen molar-refractivity contribution < 1.29 is 49.4 Å². The Kier molecular flexibility index (Phi) is 7.87. The lowest BCUT2D eigenvalue weighted by Crippen LogP contribution is -2.60. The summed E-state index contributed by atoms with van der Waals surface area (Å²) in [4.78, 5) is 40.3. The van der Waals surface area contributed by atoms with Crippen molar-refractivity contribution in [2.75, 3.05) is 16.8 Å². The van der Waals surface area contributed by atoms with Crippen molar-refractivity contribution in [2.24, 2.45) is 5.92 Å². The molecule has 1 spiro atoms. The average Bonchev–Trinajstić information content (AvgIpc) is 3.36. The molecule has 12 nitrogen and oxygen atoms in total. The fourth-order valence-electron chi connectivity index (χ4n) is 6.60. The van der Waals surface area contributed by atoms with E-state index < -0.39 is 62.6 Å². The minimum atomic E-state index is -2.91. The van der Waals surface area contributed by atoms with Crippen LogP contribution in [0.3, 0.4) is 0 Å². The molecular weight excluding hydrogens is 552 g/mol. The Balaban J connectivity index is 1.57. The van der Waals surface area contributed by atoms with E-state index in [4.69, 9.17) is 9.47 Å². The first-order chi connectivity index (χ1) is 19.3. The van der Waals surface area contributed by atoms with Crippen molar-refractivity contribution in [3.63, 3.8) is 0 Å². The Morgan fingerprint density at radius 3 is 2.37 bits per heavy atom. The van der Waals surface area contributed by atoms with Crippen molar-refractivity contribution >= 4 is 37.2 Å². The van der Waals surface area contributed by atoms with Gasteiger partial charge < -0.3 is 45.1 Å². The SMILES string of the molecule is C[C@@H]1[C@@H]([Si](C)(C)O)[C@H](CCO)O[C@@]12C(=O)N(c1ccccc1)c1ccc(NC(=O)[C@H]3O[C@@H](O)[C@H](O)[C@@H](O)[C@@H]3O)cc12. The number of benzene rings is 2. The normalized spacial score (nSPS) is 35.1. The van der Waals surface area contributed by atoms with E-state index in [1.807, 2.05) is 13.0 Å². The summed E-state index contributed by atoms with van der Waals surface area (Å²) in [6.07, 6.45) is -9.34. The van der Waals surface area contributed by atoms with Crippen molar-refractivity contribution in [3.8, 4) is 0 Å². The number of carbonyl (C=O) groups excluding carboxylic acids is 2. The molecule has 222 valence electrons. The number of fused-ring (bicyclic) bond motifs is 2. The molecule has 2 aromatic rings. The number of hydrogen-bond donors (Lipinski definition) is 7. The highest BCUT2D eigenvalue weighted by atomic mass is 28.4. The first-order valence-electron chi connectivity index (χ1n) is 13.6. The maximum absolute atomic E-state index is 14.4. The Morgan fingerprint density at radius 1 is 1.05 bits per heavy atom. The van der Waals surface area contributed by atoms with Crippen LogP contribution in [0.5, 0.6) is 0 Å². The summed E-state index contributed by atoms with van der Waals surface area (Å²) in [6, 6.07) is 13.8. The van der Waals surface area contributed by atoms with Crippen LogP contribution in [0, 0.1) is 5.92 Å². The Bertz CT molecular complexity index is 1310. The monoisotopic (exact) mass is 588 g/mol. The highest BCUT2D eigenvalue weighted by Crippen LogP contribution is 2.61. The number of carbonyl (C=O) groups is 2. The predicted molar refractivity (Wildman–Crippen MR) is 148 cm³/mol. The Labute approximate surface area is 237 Å². The smallest absolute Gasteiger partial charge is 0.268 e. The summed E-state index contributed by atoms with van der Waals surface area (Å²) >= 11 is 0. The second-order valence-electron chi connectivity index (χ2n) is 11.5. The van der Waals surface area contributed by atoms with Gasteiger partial charge in [-0.05, 0) is 49.8 Å². The van der Waals surface area contributed by atoms with Gasteiger partial charge in [0.25, 0.3) is 11.8 Å². The predicted octanol–water partition coefficient (Wildman–Crippen LogP) is 0.283. The largest absolute Gasteiger partial charge is 0.432 e. The van der Waals surface area contributed by atoms with Gasteiger partial charge in [-0.15, -0.1) is 0 Å². The van der Waals surface area contributed by atoms with Crippen molar-refractivity contribution in [3.05, 3.63) is 54.1 Å². The van der Waals surface area contributed by atoms with Crippen LogP contribution in [0.25, 0.3) is 0 Å². The summed E-state index contributed by atoms with van der Waals surface area (Å²) in [5.74, 6) is -1.74. The van der Waals surface area contributed by atoms with Gasteiger partial charge in [0, 0.05) is 35.0 Å². The van der Waals surface area contributed by atoms with Crippen LogP contribution < -0.4 is 10.2 Å². The number of anilines is 3. The van der Waals surface area contributed by atoms with Gasteiger partial charge in [0.2, 0.25) is 0 Å². The second kappa shape index (κ2) is 10.8. The zero-order valence-electron chi connectivity index (χ0n) is 22.9. The first kappa shape index (κ1) is 29.8. The molecule has 3 aliphatic heterocycles. The van der Waals surface area contributed by atoms with Gasteiger partial charge in [-0.3, -0.25) is 14.5 Å². The molecule has 13 heteroatoms. The molecule has 3 heterocycles. The van der Waals surface area contributed by atoms with E-state index >= 15 is 0 Å². The van der Waals surface area contributed by atoms with Gasteiger partial charge in [0.05, 0.1) is 11.8 Å². The first-order valence-corrected chi connectivity index (χ1v) is 16.6. The lowest BCUT2D eigenvalue weighted by Gasteiger charge is -2.37. The topological polar surface area (TPSA) is 189 Å². The van der Waals surface area contributed by atoms with E-state index in [0.29, 0.717) is 16.9 Å². The van der Waals surface area contributed by atoms with Crippen LogP contribution in [0.1, 0.15) is 18.9 Å². The van der Waals surface area contributed by atoms with Gasteiger partial charge in [0.1, 0.15) is 18.3 Å². The van der Waals surface area contributed by atoms with Crippen molar-refractivity contribution in [1.29, 1.82) is 0 Å². The van der Waals surface area contributed by atoms with Gasteiger partial charge >= 0.3 is 0 Å². The van der Waals surface area contributed by atoms with E-state index in [1.165, 1.54) is 0 Å². The molecule has 2 aromatic carbocycles. The molecule has 3 aliphatic rings. The lowest BCUT2D eigenvalue weighted by atomic mass is 9.82. The second-order valence-corrected chi connectivity index (χ2v) is 15.5. The Hall–Kier alpha value is -2.72. The molecule has 0 bridgehead atoms. The molecule has 7 N–H and O–H groups in total. The molecular formula is C28H36N2O10Si. The summed E-state index contributed by atoms with van der Waals surface area (Å²) in [6.45, 7) is 5.23. The van der Waals surface area contributed by atoms with Gasteiger partial charge in [0.15, 0.2) is 26.3 Å². The highest BCUT2D eigenvalue weighted by Gasteiger charge is 2.66. The van der Waals surface area contributed by atoms with Gasteiger partial charge in [-0.1, -0.05) is 25.1 Å². The summed E-state index contributed by atoms with van der Waals surface area (Å²) < 4.78 is 11.6. The maximum Gasteiger partial charge on any atom is 0.268 e. The molecule has 0 radical (unpaired) electrons. The third kappa shape index (κ3) is 4.80. The van der Waals surface area contributed by atoms with Crippen LogP contribution in [0.15, 0.2) is 48.5 Å². The van der Waals surface area contributed by atoms with Crippen LogP contribution >= 0.6 is 0 Å². The molecule has 2 saturated heterocycles. The summed E-state index contributed by atoms with van der Waals surface area (Å²) in [7, 11) is -2.91. The van der Waals surface area contributed by atoms with E-state index in [-0.39, 0.29) is 30.2 Å². The zero-order chi connectivity index (χ0) is 29.9. The average molecular weight is 589 g/mol. The number of aliphatic hydroxyl groups is 5. The van der Waals surface area contributed by atoms with Crippen LogP contribution in [-0.4, -0.2) is 93.9 Å². The fourth-order valence-corrected chi connectivity index (χ4v) is 9.21. The van der Waals surface area contributed by atoms with E-state index in [0.717, 1.165) is 0 Å². The molecule has 0 aliphatic carbocycles. The van der Waals surface area contributed by atoms with E-state index in [9.17, 15) is 39.9 Å². The van der Waals surface area contributed by atoms with Gasteiger partial charge in [-0.2, -0.15) is 0 Å².